The Hall–Kier alpha value is -2.57. The minimum atomic E-state index is -0.559. The van der Waals surface area contributed by atoms with Crippen molar-refractivity contribution >= 4 is 40.7 Å². The molecule has 5 nitrogen and oxygen atoms in total. The van der Waals surface area contributed by atoms with E-state index in [4.69, 9.17) is 27.9 Å². The maximum atomic E-state index is 13.2. The van der Waals surface area contributed by atoms with Crippen LogP contribution in [-0.4, -0.2) is 23.8 Å². The third-order valence-corrected chi connectivity index (χ3v) is 4.73. The van der Waals surface area contributed by atoms with Gasteiger partial charge in [0.15, 0.2) is 5.78 Å². The van der Waals surface area contributed by atoms with Crippen molar-refractivity contribution in [1.29, 1.82) is 0 Å². The highest BCUT2D eigenvalue weighted by Gasteiger charge is 2.29. The summed E-state index contributed by atoms with van der Waals surface area (Å²) in [7, 11) is 1.45. The van der Waals surface area contributed by atoms with Crippen molar-refractivity contribution in [2.24, 2.45) is 0 Å². The van der Waals surface area contributed by atoms with Gasteiger partial charge in [0.05, 0.1) is 28.9 Å². The topological polar surface area (TPSA) is 58.6 Å². The fourth-order valence-electron chi connectivity index (χ4n) is 2.76. The number of anilines is 1. The van der Waals surface area contributed by atoms with E-state index in [1.807, 2.05) is 0 Å². The number of urea groups is 1. The van der Waals surface area contributed by atoms with Gasteiger partial charge in [0.1, 0.15) is 11.6 Å². The van der Waals surface area contributed by atoms with E-state index >= 15 is 0 Å². The van der Waals surface area contributed by atoms with Crippen molar-refractivity contribution in [2.45, 2.75) is 12.5 Å². The van der Waals surface area contributed by atoms with Crippen LogP contribution in [0.1, 0.15) is 18.0 Å². The van der Waals surface area contributed by atoms with E-state index in [0.29, 0.717) is 22.0 Å². The van der Waals surface area contributed by atoms with Crippen LogP contribution in [0.25, 0.3) is 0 Å². The van der Waals surface area contributed by atoms with E-state index in [-0.39, 0.29) is 17.2 Å². The van der Waals surface area contributed by atoms with E-state index in [1.54, 1.807) is 12.1 Å². The van der Waals surface area contributed by atoms with Gasteiger partial charge in [-0.2, -0.15) is 0 Å². The lowest BCUT2D eigenvalue weighted by Gasteiger charge is -2.31. The number of methoxy groups -OCH3 is 1. The highest BCUT2D eigenvalue weighted by Crippen LogP contribution is 2.35. The van der Waals surface area contributed by atoms with Crippen molar-refractivity contribution in [1.82, 2.24) is 4.90 Å². The van der Waals surface area contributed by atoms with Crippen molar-refractivity contribution in [3.63, 3.8) is 0 Å². The number of hydrogen-bond acceptors (Lipinski definition) is 3. The van der Waals surface area contributed by atoms with E-state index in [2.05, 4.69) is 5.32 Å². The number of hydrogen-bond donors (Lipinski definition) is 1. The minimum absolute atomic E-state index is 0.0905. The molecule has 140 valence electrons. The molecule has 1 heterocycles. The molecular formula is C19H15Cl2FN2O3. The molecule has 0 saturated heterocycles. The van der Waals surface area contributed by atoms with Crippen LogP contribution >= 0.6 is 23.2 Å². The zero-order chi connectivity index (χ0) is 19.6. The van der Waals surface area contributed by atoms with Crippen molar-refractivity contribution in [2.75, 3.05) is 12.4 Å². The molecule has 0 fully saturated rings. The van der Waals surface area contributed by atoms with Crippen LogP contribution < -0.4 is 10.1 Å². The summed E-state index contributed by atoms with van der Waals surface area (Å²) in [6.07, 6.45) is 2.81. The first-order valence-electron chi connectivity index (χ1n) is 7.98. The summed E-state index contributed by atoms with van der Waals surface area (Å²) in [6, 6.07) is 7.58. The number of rotatable bonds is 3. The molecule has 1 atom stereocenters. The third kappa shape index (κ3) is 4.23. The Morgan fingerprint density at radius 3 is 2.59 bits per heavy atom. The van der Waals surface area contributed by atoms with Gasteiger partial charge in [0.2, 0.25) is 0 Å². The normalized spacial score (nSPS) is 16.4. The number of ketones is 1. The highest BCUT2D eigenvalue weighted by atomic mass is 35.5. The Kier molecular flexibility index (Phi) is 5.68. The Morgan fingerprint density at radius 1 is 1.22 bits per heavy atom. The average Bonchev–Trinajstić information content (AvgIpc) is 2.64. The van der Waals surface area contributed by atoms with Crippen LogP contribution in [0.5, 0.6) is 5.75 Å². The SMILES string of the molecule is COc1cc(NC(=O)N2C=CC(=O)CC2c2ccc(F)cc2)c(Cl)cc1Cl. The molecule has 2 amide bonds. The van der Waals surface area contributed by atoms with Crippen LogP contribution in [-0.2, 0) is 4.79 Å². The maximum Gasteiger partial charge on any atom is 0.326 e. The Balaban J connectivity index is 1.88. The number of carbonyl (C=O) groups is 2. The molecule has 0 spiro atoms. The molecule has 2 aromatic rings. The number of benzene rings is 2. The summed E-state index contributed by atoms with van der Waals surface area (Å²) in [5.41, 5.74) is 0.954. The Bertz CT molecular complexity index is 916. The van der Waals surface area contributed by atoms with Gasteiger partial charge in [-0.1, -0.05) is 35.3 Å². The molecule has 0 aromatic heterocycles. The van der Waals surface area contributed by atoms with Gasteiger partial charge in [-0.3, -0.25) is 9.69 Å². The van der Waals surface area contributed by atoms with Crippen LogP contribution in [0.2, 0.25) is 10.0 Å². The molecule has 8 heteroatoms. The van der Waals surface area contributed by atoms with Crippen molar-refractivity contribution in [3.8, 4) is 5.75 Å². The molecule has 0 radical (unpaired) electrons. The molecule has 0 saturated carbocycles. The van der Waals surface area contributed by atoms with Gasteiger partial charge in [0.25, 0.3) is 0 Å². The summed E-state index contributed by atoms with van der Waals surface area (Å²) in [6.45, 7) is 0. The highest BCUT2D eigenvalue weighted by molar-refractivity contribution is 6.37. The lowest BCUT2D eigenvalue weighted by atomic mass is 9.97. The van der Waals surface area contributed by atoms with Crippen molar-refractivity contribution in [3.05, 3.63) is 70.1 Å². The first kappa shape index (κ1) is 19.2. The standard InChI is InChI=1S/C19H15Cl2FN2O3/c1-27-18-10-16(14(20)9-15(18)21)23-19(26)24-7-6-13(25)8-17(24)11-2-4-12(22)5-3-11/h2-7,9-10,17H,8H2,1H3,(H,23,26). The minimum Gasteiger partial charge on any atom is -0.495 e. The van der Waals surface area contributed by atoms with E-state index in [1.165, 1.54) is 48.6 Å². The second-order valence-electron chi connectivity index (χ2n) is 5.86. The van der Waals surface area contributed by atoms with E-state index in [0.717, 1.165) is 0 Å². The first-order chi connectivity index (χ1) is 12.9. The molecule has 0 aliphatic carbocycles. The number of allylic oxidation sites excluding steroid dienone is 1. The predicted octanol–water partition coefficient (Wildman–Crippen LogP) is 5.20. The van der Waals surface area contributed by atoms with Gasteiger partial charge in [-0.15, -0.1) is 0 Å². The zero-order valence-electron chi connectivity index (χ0n) is 14.2. The Labute approximate surface area is 165 Å². The number of amides is 2. The van der Waals surface area contributed by atoms with Gasteiger partial charge < -0.3 is 10.1 Å². The van der Waals surface area contributed by atoms with Gasteiger partial charge in [0, 0.05) is 18.7 Å². The van der Waals surface area contributed by atoms with E-state index in [9.17, 15) is 14.0 Å². The average molecular weight is 409 g/mol. The molecule has 1 unspecified atom stereocenters. The number of ether oxygens (including phenoxy) is 1. The summed E-state index contributed by atoms with van der Waals surface area (Å²) in [4.78, 5) is 26.0. The van der Waals surface area contributed by atoms with Crippen LogP contribution in [0.3, 0.4) is 0 Å². The van der Waals surface area contributed by atoms with Gasteiger partial charge in [-0.25, -0.2) is 9.18 Å². The second kappa shape index (κ2) is 7.98. The summed E-state index contributed by atoms with van der Waals surface area (Å²) in [5.74, 6) is -0.164. The lowest BCUT2D eigenvalue weighted by Crippen LogP contribution is -2.37. The van der Waals surface area contributed by atoms with Crippen LogP contribution in [0.4, 0.5) is 14.9 Å². The van der Waals surface area contributed by atoms with Crippen LogP contribution in [0.15, 0.2) is 48.7 Å². The fraction of sp³-hybridized carbons (Fsp3) is 0.158. The monoisotopic (exact) mass is 408 g/mol. The fourth-order valence-corrected chi connectivity index (χ4v) is 3.27. The summed E-state index contributed by atoms with van der Waals surface area (Å²) < 4.78 is 18.3. The predicted molar refractivity (Wildman–Crippen MR) is 102 cm³/mol. The van der Waals surface area contributed by atoms with E-state index < -0.39 is 17.9 Å². The summed E-state index contributed by atoms with van der Waals surface area (Å²) in [5, 5.41) is 3.24. The Morgan fingerprint density at radius 2 is 1.93 bits per heavy atom. The first-order valence-corrected chi connectivity index (χ1v) is 8.73. The number of nitrogens with zero attached hydrogens (tertiary/aromatic N) is 1. The second-order valence-corrected chi connectivity index (χ2v) is 6.67. The van der Waals surface area contributed by atoms with Crippen LogP contribution in [0, 0.1) is 5.82 Å². The smallest absolute Gasteiger partial charge is 0.326 e. The lowest BCUT2D eigenvalue weighted by molar-refractivity contribution is -0.116. The number of nitrogens with one attached hydrogen (secondary N) is 1. The van der Waals surface area contributed by atoms with Gasteiger partial charge in [-0.05, 0) is 29.8 Å². The third-order valence-electron chi connectivity index (χ3n) is 4.12. The number of halogens is 3. The molecule has 1 aliphatic heterocycles. The van der Waals surface area contributed by atoms with Crippen molar-refractivity contribution < 1.29 is 18.7 Å². The summed E-state index contributed by atoms with van der Waals surface area (Å²) >= 11 is 12.2. The molecule has 1 N–H and O–H groups in total. The largest absolute Gasteiger partial charge is 0.495 e. The molecular weight excluding hydrogens is 394 g/mol. The maximum absolute atomic E-state index is 13.2. The zero-order valence-corrected chi connectivity index (χ0v) is 15.7. The molecule has 3 rings (SSSR count). The molecule has 1 aliphatic rings. The quantitative estimate of drug-likeness (QED) is 0.758. The van der Waals surface area contributed by atoms with Gasteiger partial charge >= 0.3 is 6.03 Å². The number of carbonyl (C=O) groups excluding carboxylic acids is 2. The molecule has 27 heavy (non-hydrogen) atoms. The molecule has 2 aromatic carbocycles. The molecule has 0 bridgehead atoms.